The predicted molar refractivity (Wildman–Crippen MR) is 135 cm³/mol. The zero-order chi connectivity index (χ0) is 22.6. The monoisotopic (exact) mass is 451 g/mol. The zero-order valence-corrected chi connectivity index (χ0v) is 19.9. The summed E-state index contributed by atoms with van der Waals surface area (Å²) in [7, 11) is 0. The van der Waals surface area contributed by atoms with Crippen LogP contribution >= 0.6 is 11.8 Å². The number of ether oxygens (including phenoxy) is 1. The number of aryl methyl sites for hydroxylation is 1. The van der Waals surface area contributed by atoms with Crippen molar-refractivity contribution in [3.05, 3.63) is 65.2 Å². The molecule has 0 saturated carbocycles. The van der Waals surface area contributed by atoms with Crippen LogP contribution < -0.4 is 10.1 Å². The Labute approximate surface area is 195 Å². The van der Waals surface area contributed by atoms with Gasteiger partial charge in [0.25, 0.3) is 0 Å². The Morgan fingerprint density at radius 1 is 0.969 bits per heavy atom. The second-order valence-corrected chi connectivity index (χ2v) is 9.14. The van der Waals surface area contributed by atoms with Crippen LogP contribution in [0.1, 0.15) is 62.6 Å². The van der Waals surface area contributed by atoms with Gasteiger partial charge >= 0.3 is 0 Å². The van der Waals surface area contributed by atoms with Crippen molar-refractivity contribution in [1.29, 1.82) is 0 Å². The van der Waals surface area contributed by atoms with Gasteiger partial charge in [-0.25, -0.2) is 0 Å². The minimum absolute atomic E-state index is 0.0142. The molecule has 5 nitrogen and oxygen atoms in total. The molecule has 0 aliphatic carbocycles. The van der Waals surface area contributed by atoms with Crippen LogP contribution in [0.5, 0.6) is 5.75 Å². The molecular formula is C26H33N3O2S. The number of amides is 1. The number of benzene rings is 2. The topological polar surface area (TPSA) is 63.1 Å². The molecule has 0 spiro atoms. The summed E-state index contributed by atoms with van der Waals surface area (Å²) < 4.78 is 5.79. The maximum absolute atomic E-state index is 12.3. The summed E-state index contributed by atoms with van der Waals surface area (Å²) in [6.07, 6.45) is 9.54. The third-order valence-electron chi connectivity index (χ3n) is 5.38. The molecule has 170 valence electrons. The standard InChI is InChI=1S/C26H33N3O2S/c1-3-5-6-7-8-17-31-23-15-13-22(14-16-23)19-27-29-26-28-25(30)24(32-26)18-21-11-9-20(4-2)10-12-21/h9-16,19,24H,3-8,17-18H2,1-2H3,(H,28,29,30)/b27-19-/t24-/m1/s1. The van der Waals surface area contributed by atoms with E-state index in [2.05, 4.69) is 53.6 Å². The van der Waals surface area contributed by atoms with E-state index in [0.717, 1.165) is 36.3 Å². The predicted octanol–water partition coefficient (Wildman–Crippen LogP) is 5.76. The van der Waals surface area contributed by atoms with Gasteiger partial charge in [0.15, 0.2) is 5.17 Å². The number of carbonyl (C=O) groups is 1. The molecule has 2 aromatic rings. The largest absolute Gasteiger partial charge is 0.494 e. The SMILES string of the molecule is CCCCCCCOc1ccc(/C=N\N=C2\NC(=O)[C@@H](Cc3ccc(CC)cc3)S2)cc1. The first kappa shape index (κ1) is 24.1. The van der Waals surface area contributed by atoms with Crippen molar-refractivity contribution in [2.45, 2.75) is 64.0 Å². The molecule has 0 radical (unpaired) electrons. The van der Waals surface area contributed by atoms with E-state index in [1.165, 1.54) is 43.0 Å². The van der Waals surface area contributed by atoms with Gasteiger partial charge in [0.2, 0.25) is 5.91 Å². The molecule has 1 aliphatic rings. The van der Waals surface area contributed by atoms with Crippen molar-refractivity contribution < 1.29 is 9.53 Å². The smallest absolute Gasteiger partial charge is 0.239 e. The summed E-state index contributed by atoms with van der Waals surface area (Å²) in [5.74, 6) is 0.858. The molecule has 2 aromatic carbocycles. The van der Waals surface area contributed by atoms with Gasteiger partial charge in [0.1, 0.15) is 5.75 Å². The van der Waals surface area contributed by atoms with Crippen LogP contribution in [0.2, 0.25) is 0 Å². The highest BCUT2D eigenvalue weighted by Gasteiger charge is 2.30. The molecule has 3 rings (SSSR count). The third-order valence-corrected chi connectivity index (χ3v) is 6.45. The maximum atomic E-state index is 12.3. The highest BCUT2D eigenvalue weighted by Crippen LogP contribution is 2.23. The van der Waals surface area contributed by atoms with Crippen molar-refractivity contribution in [3.8, 4) is 5.75 Å². The van der Waals surface area contributed by atoms with Crippen LogP contribution in [0, 0.1) is 0 Å². The molecule has 1 saturated heterocycles. The lowest BCUT2D eigenvalue weighted by atomic mass is 10.1. The number of hydrogen-bond donors (Lipinski definition) is 1. The van der Waals surface area contributed by atoms with Crippen LogP contribution in [-0.2, 0) is 17.6 Å². The van der Waals surface area contributed by atoms with Gasteiger partial charge in [-0.15, -0.1) is 5.10 Å². The number of nitrogens with zero attached hydrogens (tertiary/aromatic N) is 2. The fraction of sp³-hybridized carbons (Fsp3) is 0.423. The normalized spacial score (nSPS) is 17.2. The molecule has 0 bridgehead atoms. The number of hydrogen-bond acceptors (Lipinski definition) is 5. The lowest BCUT2D eigenvalue weighted by Crippen LogP contribution is -2.25. The van der Waals surface area contributed by atoms with Gasteiger partial charge in [0.05, 0.1) is 18.1 Å². The van der Waals surface area contributed by atoms with Gasteiger partial charge in [-0.1, -0.05) is 75.6 Å². The minimum Gasteiger partial charge on any atom is -0.494 e. The molecule has 1 N–H and O–H groups in total. The molecule has 1 aliphatic heterocycles. The highest BCUT2D eigenvalue weighted by molar-refractivity contribution is 8.15. The number of rotatable bonds is 12. The van der Waals surface area contributed by atoms with E-state index in [4.69, 9.17) is 4.74 Å². The number of carbonyl (C=O) groups excluding carboxylic acids is 1. The molecular weight excluding hydrogens is 418 g/mol. The van der Waals surface area contributed by atoms with Crippen molar-refractivity contribution in [2.24, 2.45) is 10.2 Å². The Morgan fingerprint density at radius 2 is 1.69 bits per heavy atom. The van der Waals surface area contributed by atoms with E-state index in [1.807, 2.05) is 24.3 Å². The van der Waals surface area contributed by atoms with Gasteiger partial charge in [-0.3, -0.25) is 4.79 Å². The number of nitrogens with one attached hydrogen (secondary N) is 1. The second kappa shape index (κ2) is 13.1. The minimum atomic E-state index is -0.171. The molecule has 1 heterocycles. The summed E-state index contributed by atoms with van der Waals surface area (Å²) in [6, 6.07) is 16.3. The average molecular weight is 452 g/mol. The first-order valence-electron chi connectivity index (χ1n) is 11.6. The summed E-state index contributed by atoms with van der Waals surface area (Å²) in [5.41, 5.74) is 3.39. The van der Waals surface area contributed by atoms with E-state index in [-0.39, 0.29) is 11.2 Å². The van der Waals surface area contributed by atoms with Crippen molar-refractivity contribution >= 4 is 29.1 Å². The molecule has 32 heavy (non-hydrogen) atoms. The average Bonchev–Trinajstić information content (AvgIpc) is 3.16. The van der Waals surface area contributed by atoms with Crippen LogP contribution in [0.3, 0.4) is 0 Å². The molecule has 1 atom stereocenters. The van der Waals surface area contributed by atoms with E-state index < -0.39 is 0 Å². The lowest BCUT2D eigenvalue weighted by Gasteiger charge is -2.06. The highest BCUT2D eigenvalue weighted by atomic mass is 32.2. The fourth-order valence-corrected chi connectivity index (χ4v) is 4.37. The van der Waals surface area contributed by atoms with Crippen LogP contribution in [0.15, 0.2) is 58.7 Å². The van der Waals surface area contributed by atoms with E-state index in [0.29, 0.717) is 11.6 Å². The Hall–Kier alpha value is -2.60. The van der Waals surface area contributed by atoms with Gasteiger partial charge in [0, 0.05) is 0 Å². The van der Waals surface area contributed by atoms with E-state index >= 15 is 0 Å². The van der Waals surface area contributed by atoms with E-state index in [9.17, 15) is 4.79 Å². The summed E-state index contributed by atoms with van der Waals surface area (Å²) in [4.78, 5) is 12.3. The third kappa shape index (κ3) is 7.83. The zero-order valence-electron chi connectivity index (χ0n) is 19.0. The second-order valence-electron chi connectivity index (χ2n) is 7.95. The molecule has 0 unspecified atom stereocenters. The molecule has 0 aromatic heterocycles. The van der Waals surface area contributed by atoms with Crippen LogP contribution in [0.25, 0.3) is 0 Å². The lowest BCUT2D eigenvalue weighted by molar-refractivity contribution is -0.118. The summed E-state index contributed by atoms with van der Waals surface area (Å²) in [5, 5.41) is 11.5. The van der Waals surface area contributed by atoms with Gasteiger partial charge in [-0.05, 0) is 60.2 Å². The van der Waals surface area contributed by atoms with Crippen LogP contribution in [-0.4, -0.2) is 29.1 Å². The van der Waals surface area contributed by atoms with Crippen molar-refractivity contribution in [2.75, 3.05) is 6.61 Å². The van der Waals surface area contributed by atoms with Gasteiger partial charge < -0.3 is 10.1 Å². The first-order chi connectivity index (χ1) is 15.7. The maximum Gasteiger partial charge on any atom is 0.239 e. The summed E-state index contributed by atoms with van der Waals surface area (Å²) in [6.45, 7) is 5.11. The number of unbranched alkanes of at least 4 members (excludes halogenated alkanes) is 4. The molecule has 6 heteroatoms. The Balaban J connectivity index is 1.44. The Morgan fingerprint density at radius 3 is 2.41 bits per heavy atom. The van der Waals surface area contributed by atoms with Crippen molar-refractivity contribution in [3.63, 3.8) is 0 Å². The van der Waals surface area contributed by atoms with Crippen LogP contribution in [0.4, 0.5) is 0 Å². The Kier molecular flexibility index (Phi) is 9.82. The van der Waals surface area contributed by atoms with Gasteiger partial charge in [-0.2, -0.15) is 5.10 Å². The van der Waals surface area contributed by atoms with Crippen molar-refractivity contribution in [1.82, 2.24) is 5.32 Å². The summed E-state index contributed by atoms with van der Waals surface area (Å²) >= 11 is 1.43. The van der Waals surface area contributed by atoms with E-state index in [1.54, 1.807) is 6.21 Å². The number of amidine groups is 1. The Bertz CT molecular complexity index is 908. The number of thioether (sulfide) groups is 1. The molecule has 1 amide bonds. The quantitative estimate of drug-likeness (QED) is 0.253. The first-order valence-corrected chi connectivity index (χ1v) is 12.4. The molecule has 1 fully saturated rings. The fourth-order valence-electron chi connectivity index (χ4n) is 3.41.